The molecule has 0 amide bonds. The molecule has 1 fully saturated rings. The fourth-order valence-electron chi connectivity index (χ4n) is 2.15. The van der Waals surface area contributed by atoms with Crippen LogP contribution in [0.1, 0.15) is 12.5 Å². The van der Waals surface area contributed by atoms with Crippen molar-refractivity contribution < 1.29 is 13.5 Å². The van der Waals surface area contributed by atoms with Crippen molar-refractivity contribution in [1.82, 2.24) is 4.98 Å². The van der Waals surface area contributed by atoms with Crippen molar-refractivity contribution in [3.63, 3.8) is 0 Å². The number of thioether (sulfide) groups is 1. The first-order chi connectivity index (χ1) is 9.10. The van der Waals surface area contributed by atoms with E-state index in [4.69, 9.17) is 0 Å². The van der Waals surface area contributed by atoms with Crippen molar-refractivity contribution in [3.8, 4) is 0 Å². The minimum atomic E-state index is -3.15. The Morgan fingerprint density at radius 2 is 2.37 bits per heavy atom. The van der Waals surface area contributed by atoms with Gasteiger partial charge in [0.15, 0.2) is 9.84 Å². The maximum absolute atomic E-state index is 12.2. The van der Waals surface area contributed by atoms with Crippen LogP contribution < -0.4 is 4.90 Å². The number of aliphatic hydroxyl groups excluding tert-OH is 1. The number of hydrogen-bond acceptors (Lipinski definition) is 6. The third kappa shape index (κ3) is 3.04. The van der Waals surface area contributed by atoms with Gasteiger partial charge in [-0.2, -0.15) is 11.8 Å². The maximum atomic E-state index is 12.2. The second-order valence-corrected chi connectivity index (χ2v) is 7.93. The van der Waals surface area contributed by atoms with Crippen molar-refractivity contribution in [1.29, 1.82) is 0 Å². The standard InChI is InChI=1S/C12H18N2O3S2/c1-2-19(16,17)12-9-18-6-5-14(12)11-7-13-4-3-10(11)8-15/h3-4,7,12,15H,2,5-6,8-9H2,1H3. The van der Waals surface area contributed by atoms with Crippen LogP contribution >= 0.6 is 11.8 Å². The minimum absolute atomic E-state index is 0.111. The molecule has 1 atom stereocenters. The number of rotatable bonds is 4. The topological polar surface area (TPSA) is 70.5 Å². The van der Waals surface area contributed by atoms with Gasteiger partial charge in [-0.15, -0.1) is 0 Å². The fraction of sp³-hybridized carbons (Fsp3) is 0.583. The van der Waals surface area contributed by atoms with Crippen molar-refractivity contribution in [2.75, 3.05) is 28.7 Å². The summed E-state index contributed by atoms with van der Waals surface area (Å²) >= 11 is 1.65. The highest BCUT2D eigenvalue weighted by atomic mass is 32.2. The smallest absolute Gasteiger partial charge is 0.171 e. The Labute approximate surface area is 118 Å². The molecule has 0 aliphatic carbocycles. The molecular formula is C12H18N2O3S2. The van der Waals surface area contributed by atoms with Gasteiger partial charge in [0, 0.05) is 35.6 Å². The van der Waals surface area contributed by atoms with Crippen LogP contribution in [0.2, 0.25) is 0 Å². The lowest BCUT2D eigenvalue weighted by Crippen LogP contribution is -2.48. The highest BCUT2D eigenvalue weighted by molar-refractivity contribution is 8.01. The predicted molar refractivity (Wildman–Crippen MR) is 78.1 cm³/mol. The van der Waals surface area contributed by atoms with Crippen molar-refractivity contribution in [2.24, 2.45) is 0 Å². The molecule has 7 heteroatoms. The van der Waals surface area contributed by atoms with Gasteiger partial charge in [0.2, 0.25) is 0 Å². The van der Waals surface area contributed by atoms with Gasteiger partial charge < -0.3 is 10.0 Å². The number of pyridine rings is 1. The number of nitrogens with zero attached hydrogens (tertiary/aromatic N) is 2. The van der Waals surface area contributed by atoms with Crippen LogP contribution in [0, 0.1) is 0 Å². The van der Waals surface area contributed by atoms with Crippen LogP contribution in [0.25, 0.3) is 0 Å². The predicted octanol–water partition coefficient (Wildman–Crippen LogP) is 0.888. The van der Waals surface area contributed by atoms with Gasteiger partial charge in [-0.3, -0.25) is 4.98 Å². The van der Waals surface area contributed by atoms with Gasteiger partial charge in [-0.25, -0.2) is 8.42 Å². The van der Waals surface area contributed by atoms with E-state index in [1.54, 1.807) is 37.1 Å². The van der Waals surface area contributed by atoms with Crippen molar-refractivity contribution >= 4 is 27.3 Å². The fourth-order valence-corrected chi connectivity index (χ4v) is 5.14. The summed E-state index contributed by atoms with van der Waals surface area (Å²) in [7, 11) is -3.15. The van der Waals surface area contributed by atoms with E-state index in [2.05, 4.69) is 4.98 Å². The lowest BCUT2D eigenvalue weighted by Gasteiger charge is -2.37. The van der Waals surface area contributed by atoms with Gasteiger partial charge in [0.1, 0.15) is 5.37 Å². The van der Waals surface area contributed by atoms with Crippen molar-refractivity contribution in [2.45, 2.75) is 18.9 Å². The summed E-state index contributed by atoms with van der Waals surface area (Å²) in [6.07, 6.45) is 3.25. The average molecular weight is 302 g/mol. The molecule has 19 heavy (non-hydrogen) atoms. The van der Waals surface area contributed by atoms with E-state index in [1.807, 2.05) is 4.90 Å². The van der Waals surface area contributed by atoms with Gasteiger partial charge in [-0.05, 0) is 6.07 Å². The van der Waals surface area contributed by atoms with Crippen molar-refractivity contribution in [3.05, 3.63) is 24.0 Å². The number of aliphatic hydroxyl groups is 1. The number of anilines is 1. The zero-order valence-corrected chi connectivity index (χ0v) is 12.5. The molecule has 0 aromatic carbocycles. The summed E-state index contributed by atoms with van der Waals surface area (Å²) in [5.74, 6) is 1.58. The molecule has 0 saturated carbocycles. The summed E-state index contributed by atoms with van der Waals surface area (Å²) in [4.78, 5) is 5.93. The maximum Gasteiger partial charge on any atom is 0.171 e. The van der Waals surface area contributed by atoms with Gasteiger partial charge >= 0.3 is 0 Å². The highest BCUT2D eigenvalue weighted by Crippen LogP contribution is 2.29. The average Bonchev–Trinajstić information content (AvgIpc) is 2.47. The van der Waals surface area contributed by atoms with Gasteiger partial charge in [0.25, 0.3) is 0 Å². The molecule has 1 N–H and O–H groups in total. The molecule has 1 aromatic heterocycles. The van der Waals surface area contributed by atoms with Gasteiger partial charge in [-0.1, -0.05) is 6.92 Å². The van der Waals surface area contributed by atoms with E-state index < -0.39 is 15.2 Å². The van der Waals surface area contributed by atoms with E-state index in [1.165, 1.54) is 0 Å². The quantitative estimate of drug-likeness (QED) is 0.890. The molecule has 0 radical (unpaired) electrons. The van der Waals surface area contributed by atoms with Crippen LogP contribution in [0.4, 0.5) is 5.69 Å². The third-order valence-electron chi connectivity index (χ3n) is 3.27. The molecular weight excluding hydrogens is 284 g/mol. The monoisotopic (exact) mass is 302 g/mol. The molecule has 0 spiro atoms. The Hall–Kier alpha value is -0.790. The summed E-state index contributed by atoms with van der Waals surface area (Å²) < 4.78 is 24.4. The van der Waals surface area contributed by atoms with Crippen LogP contribution in [-0.4, -0.2) is 47.7 Å². The molecule has 5 nitrogen and oxygen atoms in total. The lowest BCUT2D eigenvalue weighted by molar-refractivity contribution is 0.282. The number of hydrogen-bond donors (Lipinski definition) is 1. The summed E-state index contributed by atoms with van der Waals surface area (Å²) in [5, 5.41) is 8.86. The third-order valence-corrected chi connectivity index (χ3v) is 6.56. The highest BCUT2D eigenvalue weighted by Gasteiger charge is 2.33. The first kappa shape index (κ1) is 14.6. The second-order valence-electron chi connectivity index (χ2n) is 4.34. The Bertz CT molecular complexity index is 534. The second kappa shape index (κ2) is 6.11. The number of sulfone groups is 1. The Morgan fingerprint density at radius 3 is 3.05 bits per heavy atom. The Kier molecular flexibility index (Phi) is 4.70. The molecule has 1 unspecified atom stereocenters. The molecule has 0 bridgehead atoms. The Balaban J connectivity index is 2.40. The van der Waals surface area contributed by atoms with E-state index >= 15 is 0 Å². The van der Waals surface area contributed by atoms with E-state index in [0.717, 1.165) is 17.0 Å². The molecule has 2 heterocycles. The van der Waals surface area contributed by atoms with Crippen LogP contribution in [-0.2, 0) is 16.4 Å². The van der Waals surface area contributed by atoms with Gasteiger partial charge in [0.05, 0.1) is 18.5 Å². The molecule has 1 aliphatic rings. The molecule has 1 saturated heterocycles. The first-order valence-corrected chi connectivity index (χ1v) is 9.07. The lowest BCUT2D eigenvalue weighted by atomic mass is 10.2. The van der Waals surface area contributed by atoms with Crippen LogP contribution in [0.3, 0.4) is 0 Å². The van der Waals surface area contributed by atoms with E-state index in [9.17, 15) is 13.5 Å². The largest absolute Gasteiger partial charge is 0.392 e. The molecule has 106 valence electrons. The molecule has 2 rings (SSSR count). The van der Waals surface area contributed by atoms with E-state index in [-0.39, 0.29) is 12.4 Å². The zero-order valence-electron chi connectivity index (χ0n) is 10.8. The Morgan fingerprint density at radius 1 is 1.58 bits per heavy atom. The summed E-state index contributed by atoms with van der Waals surface area (Å²) in [6.45, 7) is 2.22. The summed E-state index contributed by atoms with van der Waals surface area (Å²) in [6, 6.07) is 1.73. The van der Waals surface area contributed by atoms with E-state index in [0.29, 0.717) is 12.3 Å². The zero-order chi connectivity index (χ0) is 13.9. The molecule has 1 aromatic rings. The minimum Gasteiger partial charge on any atom is -0.392 e. The van der Waals surface area contributed by atoms with Crippen LogP contribution in [0.15, 0.2) is 18.5 Å². The van der Waals surface area contributed by atoms with Crippen LogP contribution in [0.5, 0.6) is 0 Å². The first-order valence-electron chi connectivity index (χ1n) is 6.20. The number of aromatic nitrogens is 1. The SMILES string of the molecule is CCS(=O)(=O)C1CSCCN1c1cnccc1CO. The molecule has 1 aliphatic heterocycles. The normalized spacial score (nSPS) is 20.5. The summed E-state index contributed by atoms with van der Waals surface area (Å²) in [5.41, 5.74) is 1.45.